The molecule has 38 heavy (non-hydrogen) atoms. The Morgan fingerprint density at radius 1 is 0.974 bits per heavy atom. The van der Waals surface area contributed by atoms with E-state index in [9.17, 15) is 9.59 Å². The molecule has 2 aliphatic rings. The molecule has 1 aromatic heterocycles. The lowest BCUT2D eigenvalue weighted by Gasteiger charge is -2.25. The molecule has 6 rings (SSSR count). The van der Waals surface area contributed by atoms with Crippen LogP contribution in [-0.4, -0.2) is 24.2 Å². The summed E-state index contributed by atoms with van der Waals surface area (Å²) in [7, 11) is 0. The number of benzene rings is 3. The zero-order valence-electron chi connectivity index (χ0n) is 21.7. The van der Waals surface area contributed by atoms with Crippen molar-refractivity contribution in [1.82, 2.24) is 4.90 Å². The maximum absolute atomic E-state index is 14.0. The number of nitrogens with zero attached hydrogens (tertiary/aromatic N) is 1. The molecule has 1 unspecified atom stereocenters. The van der Waals surface area contributed by atoms with Crippen LogP contribution in [0, 0.1) is 13.8 Å². The second kappa shape index (κ2) is 9.56. The summed E-state index contributed by atoms with van der Waals surface area (Å²) in [6.45, 7) is 7.08. The highest BCUT2D eigenvalue weighted by Crippen LogP contribution is 2.41. The minimum atomic E-state index is -0.625. The van der Waals surface area contributed by atoms with E-state index in [-0.39, 0.29) is 30.4 Å². The summed E-state index contributed by atoms with van der Waals surface area (Å²) in [6, 6.07) is 16.3. The van der Waals surface area contributed by atoms with E-state index in [0.29, 0.717) is 40.4 Å². The van der Waals surface area contributed by atoms with E-state index >= 15 is 0 Å². The average Bonchev–Trinajstić information content (AvgIpc) is 3.48. The molecule has 0 aliphatic carbocycles. The van der Waals surface area contributed by atoms with Crippen LogP contribution in [0.5, 0.6) is 17.2 Å². The van der Waals surface area contributed by atoms with Crippen LogP contribution in [0.4, 0.5) is 0 Å². The van der Waals surface area contributed by atoms with Crippen LogP contribution in [0.2, 0.25) is 0 Å². The number of rotatable bonds is 7. The van der Waals surface area contributed by atoms with Gasteiger partial charge in [0.25, 0.3) is 5.91 Å². The van der Waals surface area contributed by atoms with Crippen molar-refractivity contribution in [3.05, 3.63) is 98.4 Å². The number of aryl methyl sites for hydroxylation is 2. The highest BCUT2D eigenvalue weighted by molar-refractivity contribution is 5.99. The fourth-order valence-electron chi connectivity index (χ4n) is 5.13. The van der Waals surface area contributed by atoms with Gasteiger partial charge in [-0.15, -0.1) is 0 Å². The highest BCUT2D eigenvalue weighted by atomic mass is 16.7. The first-order valence-corrected chi connectivity index (χ1v) is 12.9. The minimum absolute atomic E-state index is 0.0915. The van der Waals surface area contributed by atoms with E-state index in [1.165, 1.54) is 0 Å². The quantitative estimate of drug-likeness (QED) is 0.281. The normalized spacial score (nSPS) is 15.8. The first-order chi connectivity index (χ1) is 18.4. The van der Waals surface area contributed by atoms with Gasteiger partial charge in [-0.1, -0.05) is 31.5 Å². The van der Waals surface area contributed by atoms with E-state index in [1.54, 1.807) is 4.90 Å². The maximum Gasteiger partial charge on any atom is 0.291 e. The molecule has 3 heterocycles. The van der Waals surface area contributed by atoms with Gasteiger partial charge >= 0.3 is 0 Å². The summed E-state index contributed by atoms with van der Waals surface area (Å²) in [5, 5.41) is 0.477. The fourth-order valence-corrected chi connectivity index (χ4v) is 5.13. The van der Waals surface area contributed by atoms with Crippen molar-refractivity contribution < 1.29 is 23.4 Å². The maximum atomic E-state index is 14.0. The number of unbranched alkanes of at least 4 members (excludes halogenated alkanes) is 1. The van der Waals surface area contributed by atoms with Gasteiger partial charge in [-0.05, 0) is 78.9 Å². The third-order valence-corrected chi connectivity index (χ3v) is 7.31. The van der Waals surface area contributed by atoms with Crippen LogP contribution < -0.4 is 19.6 Å². The number of carbonyl (C=O) groups excluding carboxylic acids is 1. The lowest BCUT2D eigenvalue weighted by Crippen LogP contribution is -2.29. The zero-order valence-corrected chi connectivity index (χ0v) is 21.7. The average molecular weight is 512 g/mol. The summed E-state index contributed by atoms with van der Waals surface area (Å²) < 4.78 is 23.1. The number of carbonyl (C=O) groups is 1. The second-order valence-electron chi connectivity index (χ2n) is 9.90. The highest BCUT2D eigenvalue weighted by Gasteiger charge is 2.43. The Morgan fingerprint density at radius 3 is 2.63 bits per heavy atom. The molecular weight excluding hydrogens is 482 g/mol. The molecule has 0 N–H and O–H groups in total. The number of fused-ring (bicyclic) bond motifs is 3. The molecule has 1 amide bonds. The molecule has 4 aromatic rings. The fraction of sp³-hybridized carbons (Fsp3) is 0.290. The summed E-state index contributed by atoms with van der Waals surface area (Å²) in [5.74, 6) is 1.79. The standard InChI is InChI=1S/C31H29NO6/c1-4-5-11-35-22-8-6-7-21(15-22)28-27-29(33)23-12-18(2)19(3)13-25(23)38-30(27)31(34)32(28)16-20-9-10-24-26(14-20)37-17-36-24/h6-10,12-15,28H,4-5,11,16-17H2,1-3H3. The minimum Gasteiger partial charge on any atom is -0.494 e. The zero-order chi connectivity index (χ0) is 26.4. The van der Waals surface area contributed by atoms with Gasteiger partial charge in [0.15, 0.2) is 16.9 Å². The molecule has 3 aromatic carbocycles. The molecule has 7 nitrogen and oxygen atoms in total. The van der Waals surface area contributed by atoms with Crippen molar-refractivity contribution in [3.8, 4) is 17.2 Å². The SMILES string of the molecule is CCCCOc1cccc(C2c3c(oc4cc(C)c(C)cc4c3=O)C(=O)N2Cc2ccc3c(c2)OCO3)c1. The van der Waals surface area contributed by atoms with E-state index in [0.717, 1.165) is 35.1 Å². The Morgan fingerprint density at radius 2 is 1.79 bits per heavy atom. The molecule has 0 fully saturated rings. The van der Waals surface area contributed by atoms with E-state index in [4.69, 9.17) is 18.6 Å². The largest absolute Gasteiger partial charge is 0.494 e. The van der Waals surface area contributed by atoms with Crippen LogP contribution in [0.3, 0.4) is 0 Å². The van der Waals surface area contributed by atoms with Gasteiger partial charge in [-0.25, -0.2) is 0 Å². The van der Waals surface area contributed by atoms with E-state index in [2.05, 4.69) is 6.92 Å². The Kier molecular flexibility index (Phi) is 6.06. The van der Waals surface area contributed by atoms with Crippen LogP contribution in [0.25, 0.3) is 11.0 Å². The molecule has 7 heteroatoms. The number of hydrogen-bond acceptors (Lipinski definition) is 6. The van der Waals surface area contributed by atoms with Crippen molar-refractivity contribution >= 4 is 16.9 Å². The van der Waals surface area contributed by atoms with E-state index < -0.39 is 6.04 Å². The number of ether oxygens (including phenoxy) is 3. The Balaban J connectivity index is 1.48. The van der Waals surface area contributed by atoms with Gasteiger partial charge in [0.05, 0.1) is 23.6 Å². The summed E-state index contributed by atoms with van der Waals surface area (Å²) in [6.07, 6.45) is 1.97. The van der Waals surface area contributed by atoms with Gasteiger partial charge in [0.1, 0.15) is 11.3 Å². The van der Waals surface area contributed by atoms with Gasteiger partial charge < -0.3 is 23.5 Å². The third kappa shape index (κ3) is 4.08. The molecule has 0 saturated carbocycles. The summed E-state index contributed by atoms with van der Waals surface area (Å²) in [4.78, 5) is 29.5. The van der Waals surface area contributed by atoms with Gasteiger partial charge in [0, 0.05) is 6.54 Å². The first kappa shape index (κ1) is 24.1. The van der Waals surface area contributed by atoms with Crippen LogP contribution in [0.15, 0.2) is 63.8 Å². The van der Waals surface area contributed by atoms with Crippen molar-refractivity contribution in [2.45, 2.75) is 46.2 Å². The second-order valence-corrected chi connectivity index (χ2v) is 9.90. The third-order valence-electron chi connectivity index (χ3n) is 7.31. The molecule has 0 spiro atoms. The van der Waals surface area contributed by atoms with Crippen molar-refractivity contribution in [1.29, 1.82) is 0 Å². The lowest BCUT2D eigenvalue weighted by molar-refractivity contribution is 0.0714. The number of hydrogen-bond donors (Lipinski definition) is 0. The molecule has 194 valence electrons. The van der Waals surface area contributed by atoms with Crippen LogP contribution in [0.1, 0.15) is 64.2 Å². The predicted octanol–water partition coefficient (Wildman–Crippen LogP) is 6.06. The lowest BCUT2D eigenvalue weighted by atomic mass is 9.97. The monoisotopic (exact) mass is 511 g/mol. The molecule has 2 aliphatic heterocycles. The van der Waals surface area contributed by atoms with Crippen molar-refractivity contribution in [3.63, 3.8) is 0 Å². The summed E-state index contributed by atoms with van der Waals surface area (Å²) in [5.41, 5.74) is 4.24. The molecule has 1 atom stereocenters. The number of amides is 1. The van der Waals surface area contributed by atoms with Gasteiger partial charge in [-0.3, -0.25) is 9.59 Å². The van der Waals surface area contributed by atoms with Crippen LogP contribution in [-0.2, 0) is 6.54 Å². The van der Waals surface area contributed by atoms with E-state index in [1.807, 2.05) is 68.4 Å². The van der Waals surface area contributed by atoms with Gasteiger partial charge in [-0.2, -0.15) is 0 Å². The van der Waals surface area contributed by atoms with Gasteiger partial charge in [0.2, 0.25) is 12.6 Å². The van der Waals surface area contributed by atoms with Crippen LogP contribution >= 0.6 is 0 Å². The molecule has 0 saturated heterocycles. The van der Waals surface area contributed by atoms with Crippen molar-refractivity contribution in [2.24, 2.45) is 0 Å². The molecular formula is C31H29NO6. The Bertz CT molecular complexity index is 1620. The predicted molar refractivity (Wildman–Crippen MR) is 143 cm³/mol. The molecule has 0 bridgehead atoms. The topological polar surface area (TPSA) is 78.2 Å². The first-order valence-electron chi connectivity index (χ1n) is 12.9. The van der Waals surface area contributed by atoms with Crippen molar-refractivity contribution in [2.75, 3.05) is 13.4 Å². The smallest absolute Gasteiger partial charge is 0.291 e. The molecule has 0 radical (unpaired) electrons. The Labute approximate surface area is 220 Å². The Hall–Kier alpha value is -4.26. The summed E-state index contributed by atoms with van der Waals surface area (Å²) >= 11 is 0.